The van der Waals surface area contributed by atoms with Gasteiger partial charge in [-0.1, -0.05) is 0 Å². The summed E-state index contributed by atoms with van der Waals surface area (Å²) in [6.07, 6.45) is -0.596. The van der Waals surface area contributed by atoms with Gasteiger partial charge in [-0.3, -0.25) is 4.79 Å². The molecule has 202 valence electrons. The SMILES string of the molecule is Cc1cc(-c2ncc3cc(C(F)(F)F)ccc3n2)ccc1N1CCOc2c(C)nn(C3CCCCO3)c2C1=O. The number of anilines is 1. The molecule has 0 aliphatic carbocycles. The van der Waals surface area contributed by atoms with Gasteiger partial charge in [-0.15, -0.1) is 0 Å². The van der Waals surface area contributed by atoms with Crippen molar-refractivity contribution >= 4 is 22.5 Å². The van der Waals surface area contributed by atoms with E-state index in [1.807, 2.05) is 26.0 Å². The zero-order valence-corrected chi connectivity index (χ0v) is 21.5. The summed E-state index contributed by atoms with van der Waals surface area (Å²) in [7, 11) is 0. The van der Waals surface area contributed by atoms with Crippen molar-refractivity contribution in [2.75, 3.05) is 24.7 Å². The van der Waals surface area contributed by atoms with Crippen LogP contribution in [0.4, 0.5) is 18.9 Å². The quantitative estimate of drug-likeness (QED) is 0.325. The van der Waals surface area contributed by atoms with E-state index in [0.717, 1.165) is 37.0 Å². The number of nitrogens with zero attached hydrogens (tertiary/aromatic N) is 5. The Morgan fingerprint density at radius 3 is 2.64 bits per heavy atom. The van der Waals surface area contributed by atoms with Crippen LogP contribution in [0.25, 0.3) is 22.3 Å². The van der Waals surface area contributed by atoms with Crippen LogP contribution < -0.4 is 9.64 Å². The molecule has 2 aromatic carbocycles. The van der Waals surface area contributed by atoms with E-state index < -0.39 is 11.7 Å². The van der Waals surface area contributed by atoms with Crippen molar-refractivity contribution in [3.05, 3.63) is 65.1 Å². The molecule has 0 N–H and O–H groups in total. The molecule has 2 aliphatic heterocycles. The second-order valence-electron chi connectivity index (χ2n) is 9.80. The largest absolute Gasteiger partial charge is 0.487 e. The van der Waals surface area contributed by atoms with Gasteiger partial charge in [-0.05, 0) is 75.1 Å². The Hall–Kier alpha value is -3.99. The van der Waals surface area contributed by atoms with E-state index in [9.17, 15) is 18.0 Å². The van der Waals surface area contributed by atoms with Crippen LogP contribution in [0.3, 0.4) is 0 Å². The van der Waals surface area contributed by atoms with Crippen LogP contribution in [0, 0.1) is 13.8 Å². The van der Waals surface area contributed by atoms with E-state index in [1.54, 1.807) is 15.6 Å². The minimum absolute atomic E-state index is 0.212. The van der Waals surface area contributed by atoms with Crippen molar-refractivity contribution in [1.82, 2.24) is 19.7 Å². The molecule has 1 atom stereocenters. The Bertz CT molecular complexity index is 1580. The lowest BCUT2D eigenvalue weighted by molar-refractivity contribution is -0.137. The van der Waals surface area contributed by atoms with E-state index in [2.05, 4.69) is 15.1 Å². The third kappa shape index (κ3) is 4.60. The number of carbonyl (C=O) groups is 1. The van der Waals surface area contributed by atoms with Gasteiger partial charge in [-0.25, -0.2) is 14.6 Å². The molecule has 1 saturated heterocycles. The van der Waals surface area contributed by atoms with E-state index in [1.165, 1.54) is 12.3 Å². The van der Waals surface area contributed by atoms with Crippen LogP contribution in [0.1, 0.15) is 52.8 Å². The van der Waals surface area contributed by atoms with Gasteiger partial charge in [0.05, 0.1) is 17.6 Å². The Morgan fingerprint density at radius 1 is 1.05 bits per heavy atom. The molecular weight excluding hydrogens is 511 g/mol. The van der Waals surface area contributed by atoms with Crippen molar-refractivity contribution < 1.29 is 27.4 Å². The van der Waals surface area contributed by atoms with Gasteiger partial charge in [-0.2, -0.15) is 18.3 Å². The molecule has 0 radical (unpaired) electrons. The Labute approximate surface area is 222 Å². The minimum Gasteiger partial charge on any atom is -0.487 e. The van der Waals surface area contributed by atoms with Crippen LogP contribution in [-0.4, -0.2) is 45.4 Å². The van der Waals surface area contributed by atoms with Crippen molar-refractivity contribution in [1.29, 1.82) is 0 Å². The summed E-state index contributed by atoms with van der Waals surface area (Å²) in [6.45, 7) is 5.01. The first-order chi connectivity index (χ1) is 18.7. The summed E-state index contributed by atoms with van der Waals surface area (Å²) < 4.78 is 52.8. The van der Waals surface area contributed by atoms with E-state index >= 15 is 0 Å². The summed E-state index contributed by atoms with van der Waals surface area (Å²) in [6, 6.07) is 8.91. The summed E-state index contributed by atoms with van der Waals surface area (Å²) in [5.41, 5.74) is 2.92. The fourth-order valence-corrected chi connectivity index (χ4v) is 5.17. The fraction of sp³-hybridized carbons (Fsp3) is 0.357. The van der Waals surface area contributed by atoms with Crippen LogP contribution in [-0.2, 0) is 10.9 Å². The highest BCUT2D eigenvalue weighted by atomic mass is 19.4. The predicted molar refractivity (Wildman–Crippen MR) is 138 cm³/mol. The number of carbonyl (C=O) groups excluding carboxylic acids is 1. The monoisotopic (exact) mass is 537 g/mol. The van der Waals surface area contributed by atoms with Gasteiger partial charge < -0.3 is 14.4 Å². The number of aromatic nitrogens is 4. The minimum atomic E-state index is -4.43. The summed E-state index contributed by atoms with van der Waals surface area (Å²) >= 11 is 0. The third-order valence-electron chi connectivity index (χ3n) is 7.12. The molecule has 0 saturated carbocycles. The maximum atomic E-state index is 13.9. The second kappa shape index (κ2) is 9.64. The molecule has 1 fully saturated rings. The van der Waals surface area contributed by atoms with Crippen molar-refractivity contribution in [3.8, 4) is 17.1 Å². The highest BCUT2D eigenvalue weighted by Crippen LogP contribution is 2.36. The lowest BCUT2D eigenvalue weighted by atomic mass is 10.1. The van der Waals surface area contributed by atoms with Crippen molar-refractivity contribution in [2.24, 2.45) is 0 Å². The number of fused-ring (bicyclic) bond motifs is 2. The average molecular weight is 538 g/mol. The topological polar surface area (TPSA) is 82.4 Å². The maximum Gasteiger partial charge on any atom is 0.416 e. The molecule has 6 rings (SSSR count). The molecule has 8 nitrogen and oxygen atoms in total. The zero-order valence-electron chi connectivity index (χ0n) is 21.5. The molecule has 2 aromatic heterocycles. The number of benzene rings is 2. The number of ether oxygens (including phenoxy) is 2. The number of amides is 1. The number of alkyl halides is 3. The van der Waals surface area contributed by atoms with Gasteiger partial charge >= 0.3 is 6.18 Å². The number of halogens is 3. The van der Waals surface area contributed by atoms with E-state index in [4.69, 9.17) is 9.47 Å². The Kier molecular flexibility index (Phi) is 6.25. The molecule has 4 aromatic rings. The summed E-state index contributed by atoms with van der Waals surface area (Å²) in [5.74, 6) is 0.660. The first-order valence-corrected chi connectivity index (χ1v) is 12.8. The van der Waals surface area contributed by atoms with E-state index in [0.29, 0.717) is 64.9 Å². The first-order valence-electron chi connectivity index (χ1n) is 12.8. The lowest BCUT2D eigenvalue weighted by Gasteiger charge is -2.26. The second-order valence-corrected chi connectivity index (χ2v) is 9.80. The van der Waals surface area contributed by atoms with Gasteiger partial charge in [0.2, 0.25) is 0 Å². The van der Waals surface area contributed by atoms with Crippen LogP contribution in [0.2, 0.25) is 0 Å². The van der Waals surface area contributed by atoms with Gasteiger partial charge in [0, 0.05) is 29.4 Å². The summed E-state index contributed by atoms with van der Waals surface area (Å²) in [4.78, 5) is 24.4. The third-order valence-corrected chi connectivity index (χ3v) is 7.12. The molecule has 2 aliphatic rings. The fourth-order valence-electron chi connectivity index (χ4n) is 5.17. The molecule has 0 spiro atoms. The molecular formula is C28H26F3N5O3. The number of rotatable bonds is 3. The molecule has 0 bridgehead atoms. The first kappa shape index (κ1) is 25.3. The smallest absolute Gasteiger partial charge is 0.416 e. The highest BCUT2D eigenvalue weighted by Gasteiger charge is 2.35. The molecule has 1 amide bonds. The van der Waals surface area contributed by atoms with Crippen molar-refractivity contribution in [3.63, 3.8) is 0 Å². The van der Waals surface area contributed by atoms with Gasteiger partial charge in [0.25, 0.3) is 5.91 Å². The van der Waals surface area contributed by atoms with Crippen LogP contribution in [0.5, 0.6) is 5.75 Å². The Balaban J connectivity index is 1.32. The standard InChI is InChI=1S/C28H26F3N5O3/c1-16-13-18(26-32-15-19-14-20(28(29,30)31)7-8-21(19)33-26)6-9-22(16)35-10-12-39-25-17(2)34-36(24(25)27(35)37)23-5-3-4-11-38-23/h6-9,13-15,23H,3-5,10-12H2,1-2H3. The van der Waals surface area contributed by atoms with E-state index in [-0.39, 0.29) is 12.1 Å². The number of hydrogen-bond donors (Lipinski definition) is 0. The molecule has 39 heavy (non-hydrogen) atoms. The Morgan fingerprint density at radius 2 is 1.90 bits per heavy atom. The lowest BCUT2D eigenvalue weighted by Crippen LogP contribution is -2.35. The number of aryl methyl sites for hydroxylation is 2. The normalized spacial score (nSPS) is 18.1. The van der Waals surface area contributed by atoms with Crippen LogP contribution in [0.15, 0.2) is 42.6 Å². The highest BCUT2D eigenvalue weighted by molar-refractivity contribution is 6.07. The summed E-state index contributed by atoms with van der Waals surface area (Å²) in [5, 5.41) is 4.90. The maximum absolute atomic E-state index is 13.9. The average Bonchev–Trinajstić information content (AvgIpc) is 3.16. The number of hydrogen-bond acceptors (Lipinski definition) is 6. The molecule has 1 unspecified atom stereocenters. The zero-order chi connectivity index (χ0) is 27.3. The van der Waals surface area contributed by atoms with Crippen molar-refractivity contribution in [2.45, 2.75) is 45.5 Å². The van der Waals surface area contributed by atoms with Gasteiger partial charge in [0.1, 0.15) is 12.3 Å². The van der Waals surface area contributed by atoms with Crippen LogP contribution >= 0.6 is 0 Å². The predicted octanol–water partition coefficient (Wildman–Crippen LogP) is 5.87. The molecule has 4 heterocycles. The van der Waals surface area contributed by atoms with Gasteiger partial charge in [0.15, 0.2) is 23.5 Å². The molecule has 11 heteroatoms.